The third-order valence-electron chi connectivity index (χ3n) is 4.54. The summed E-state index contributed by atoms with van der Waals surface area (Å²) in [6.07, 6.45) is 3.35. The van der Waals surface area contributed by atoms with Gasteiger partial charge in [-0.15, -0.1) is 0 Å². The molecule has 0 saturated heterocycles. The van der Waals surface area contributed by atoms with Gasteiger partial charge >= 0.3 is 0 Å². The Morgan fingerprint density at radius 2 is 1.68 bits per heavy atom. The second kappa shape index (κ2) is 9.04. The van der Waals surface area contributed by atoms with Crippen molar-refractivity contribution in [3.05, 3.63) is 84.2 Å². The Morgan fingerprint density at radius 3 is 2.32 bits per heavy atom. The summed E-state index contributed by atoms with van der Waals surface area (Å²) in [5.41, 5.74) is 4.56. The summed E-state index contributed by atoms with van der Waals surface area (Å²) in [5.74, 6) is -0.0227. The summed E-state index contributed by atoms with van der Waals surface area (Å²) < 4.78 is 0. The van der Waals surface area contributed by atoms with E-state index in [2.05, 4.69) is 15.2 Å². The molecule has 0 aliphatic carbocycles. The van der Waals surface area contributed by atoms with Crippen molar-refractivity contribution in [1.82, 2.24) is 9.88 Å². The maximum absolute atomic E-state index is 13.0. The molecule has 1 heterocycles. The summed E-state index contributed by atoms with van der Waals surface area (Å²) in [4.78, 5) is 21.1. The van der Waals surface area contributed by atoms with Crippen molar-refractivity contribution in [3.63, 3.8) is 0 Å². The number of hydrogen-bond donors (Lipinski definition) is 1. The van der Waals surface area contributed by atoms with Crippen LogP contribution >= 0.6 is 0 Å². The van der Waals surface area contributed by atoms with E-state index in [1.807, 2.05) is 86.6 Å². The molecule has 1 aromatic heterocycles. The Hall–Kier alpha value is -3.34. The van der Waals surface area contributed by atoms with Crippen LogP contribution in [0.3, 0.4) is 0 Å². The maximum Gasteiger partial charge on any atom is 0.255 e. The number of benzene rings is 2. The highest BCUT2D eigenvalue weighted by Gasteiger charge is 2.15. The molecule has 28 heavy (non-hydrogen) atoms. The molecule has 0 spiro atoms. The van der Waals surface area contributed by atoms with E-state index in [0.29, 0.717) is 18.7 Å². The first-order valence-corrected chi connectivity index (χ1v) is 9.39. The van der Waals surface area contributed by atoms with Crippen molar-refractivity contribution in [3.8, 4) is 0 Å². The number of nitrogens with zero attached hydrogens (tertiary/aromatic N) is 3. The molecule has 5 heteroatoms. The lowest BCUT2D eigenvalue weighted by atomic mass is 10.1. The maximum atomic E-state index is 13.0. The largest absolute Gasteiger partial charge is 0.378 e. The zero-order chi connectivity index (χ0) is 19.9. The molecular formula is C23H26N4O. The van der Waals surface area contributed by atoms with Gasteiger partial charge in [-0.05, 0) is 42.8 Å². The monoisotopic (exact) mass is 374 g/mol. The van der Waals surface area contributed by atoms with Gasteiger partial charge in [0.05, 0.1) is 17.4 Å². The summed E-state index contributed by atoms with van der Waals surface area (Å²) in [6.45, 7) is 3.21. The second-order valence-corrected chi connectivity index (χ2v) is 6.83. The van der Waals surface area contributed by atoms with Crippen molar-refractivity contribution < 1.29 is 4.79 Å². The summed E-state index contributed by atoms with van der Waals surface area (Å²) in [6, 6.07) is 20.0. The third-order valence-corrected chi connectivity index (χ3v) is 4.54. The Labute approximate surface area is 166 Å². The average Bonchev–Trinajstić information content (AvgIpc) is 2.73. The van der Waals surface area contributed by atoms with Crippen LogP contribution in [0.25, 0.3) is 0 Å². The molecule has 1 amide bonds. The highest BCUT2D eigenvalue weighted by Crippen LogP contribution is 2.21. The lowest BCUT2D eigenvalue weighted by Crippen LogP contribution is -2.30. The van der Waals surface area contributed by atoms with Crippen molar-refractivity contribution >= 4 is 23.0 Å². The Balaban J connectivity index is 1.73. The van der Waals surface area contributed by atoms with Crippen LogP contribution in [0, 0.1) is 0 Å². The fourth-order valence-electron chi connectivity index (χ4n) is 2.95. The van der Waals surface area contributed by atoms with E-state index in [-0.39, 0.29) is 5.91 Å². The number of pyridine rings is 1. The molecule has 0 radical (unpaired) electrons. The summed E-state index contributed by atoms with van der Waals surface area (Å²) >= 11 is 0. The molecule has 1 N–H and O–H groups in total. The fraction of sp³-hybridized carbons (Fsp3) is 0.217. The van der Waals surface area contributed by atoms with Gasteiger partial charge in [0.2, 0.25) is 0 Å². The molecule has 5 nitrogen and oxygen atoms in total. The number of nitrogens with one attached hydrogen (secondary N) is 1. The van der Waals surface area contributed by atoms with E-state index in [0.717, 1.165) is 22.6 Å². The van der Waals surface area contributed by atoms with Gasteiger partial charge in [0.25, 0.3) is 5.91 Å². The van der Waals surface area contributed by atoms with Crippen LogP contribution in [0.15, 0.2) is 73.1 Å². The van der Waals surface area contributed by atoms with Crippen LogP contribution in [0.4, 0.5) is 17.1 Å². The molecule has 0 saturated carbocycles. The number of aromatic nitrogens is 1. The van der Waals surface area contributed by atoms with Gasteiger partial charge in [0.15, 0.2) is 0 Å². The number of anilines is 3. The zero-order valence-corrected chi connectivity index (χ0v) is 16.6. The van der Waals surface area contributed by atoms with E-state index < -0.39 is 0 Å². The lowest BCUT2D eigenvalue weighted by molar-refractivity contribution is 0.0752. The van der Waals surface area contributed by atoms with Gasteiger partial charge in [-0.2, -0.15) is 0 Å². The van der Waals surface area contributed by atoms with E-state index in [4.69, 9.17) is 0 Å². The van der Waals surface area contributed by atoms with E-state index in [1.54, 1.807) is 12.4 Å². The zero-order valence-electron chi connectivity index (χ0n) is 16.6. The second-order valence-electron chi connectivity index (χ2n) is 6.83. The van der Waals surface area contributed by atoms with Crippen LogP contribution in [0.1, 0.15) is 22.8 Å². The van der Waals surface area contributed by atoms with Crippen LogP contribution in [-0.2, 0) is 6.54 Å². The molecule has 0 aliphatic heterocycles. The highest BCUT2D eigenvalue weighted by atomic mass is 16.2. The molecule has 0 fully saturated rings. The number of rotatable bonds is 7. The van der Waals surface area contributed by atoms with Gasteiger partial charge in [-0.3, -0.25) is 9.78 Å². The molecular weight excluding hydrogens is 348 g/mol. The van der Waals surface area contributed by atoms with Crippen LogP contribution in [-0.4, -0.2) is 36.4 Å². The van der Waals surface area contributed by atoms with Crippen LogP contribution in [0.5, 0.6) is 0 Å². The molecule has 0 atom stereocenters. The normalized spacial score (nSPS) is 10.4. The minimum Gasteiger partial charge on any atom is -0.378 e. The minimum absolute atomic E-state index is 0.0227. The van der Waals surface area contributed by atoms with Crippen molar-refractivity contribution in [2.45, 2.75) is 13.5 Å². The van der Waals surface area contributed by atoms with Crippen molar-refractivity contribution in [2.75, 3.05) is 30.9 Å². The first kappa shape index (κ1) is 19.4. The number of hydrogen-bond acceptors (Lipinski definition) is 4. The summed E-state index contributed by atoms with van der Waals surface area (Å²) in [5, 5.41) is 3.32. The quantitative estimate of drug-likeness (QED) is 0.659. The highest BCUT2D eigenvalue weighted by molar-refractivity contribution is 5.94. The van der Waals surface area contributed by atoms with Gasteiger partial charge in [-0.1, -0.05) is 30.3 Å². The van der Waals surface area contributed by atoms with Gasteiger partial charge in [-0.25, -0.2) is 0 Å². The minimum atomic E-state index is -0.0227. The van der Waals surface area contributed by atoms with Gasteiger partial charge < -0.3 is 15.1 Å². The van der Waals surface area contributed by atoms with E-state index >= 15 is 0 Å². The average molecular weight is 374 g/mol. The van der Waals surface area contributed by atoms with Crippen LogP contribution < -0.4 is 10.2 Å². The molecule has 0 aliphatic rings. The molecule has 3 aromatic rings. The molecule has 3 rings (SSSR count). The molecule has 144 valence electrons. The SMILES string of the molecule is CCN(Cc1ccccc1)C(=O)c1cncc(Nc2ccc(N(C)C)cc2)c1. The molecule has 2 aromatic carbocycles. The predicted molar refractivity (Wildman–Crippen MR) is 115 cm³/mol. The smallest absolute Gasteiger partial charge is 0.255 e. The van der Waals surface area contributed by atoms with Crippen LogP contribution in [0.2, 0.25) is 0 Å². The Bertz CT molecular complexity index is 907. The Morgan fingerprint density at radius 1 is 0.964 bits per heavy atom. The molecule has 0 unspecified atom stereocenters. The summed E-state index contributed by atoms with van der Waals surface area (Å²) in [7, 11) is 4.02. The van der Waals surface area contributed by atoms with Gasteiger partial charge in [0, 0.05) is 44.8 Å². The van der Waals surface area contributed by atoms with Gasteiger partial charge in [0.1, 0.15) is 0 Å². The van der Waals surface area contributed by atoms with E-state index in [9.17, 15) is 4.79 Å². The van der Waals surface area contributed by atoms with Crippen molar-refractivity contribution in [1.29, 1.82) is 0 Å². The Kier molecular flexibility index (Phi) is 6.27. The number of carbonyl (C=O) groups excluding carboxylic acids is 1. The predicted octanol–water partition coefficient (Wildman–Crippen LogP) is 4.55. The standard InChI is InChI=1S/C23H26N4O/c1-4-27(17-18-8-6-5-7-9-18)23(28)19-14-21(16-24-15-19)25-20-10-12-22(13-11-20)26(2)3/h5-16,25H,4,17H2,1-3H3. The number of carbonyl (C=O) groups is 1. The van der Waals surface area contributed by atoms with Crippen molar-refractivity contribution in [2.24, 2.45) is 0 Å². The van der Waals surface area contributed by atoms with E-state index in [1.165, 1.54) is 0 Å². The first-order valence-electron chi connectivity index (χ1n) is 9.39. The topological polar surface area (TPSA) is 48.5 Å². The number of amides is 1. The first-order chi connectivity index (χ1) is 13.6. The lowest BCUT2D eigenvalue weighted by Gasteiger charge is -2.21. The fourth-order valence-corrected chi connectivity index (χ4v) is 2.95. The molecule has 0 bridgehead atoms. The third kappa shape index (κ3) is 4.88.